The lowest BCUT2D eigenvalue weighted by Crippen LogP contribution is -2.52. The molecule has 0 unspecified atom stereocenters. The molecule has 0 fully saturated rings. The smallest absolute Gasteiger partial charge is 0.243 e. The first kappa shape index (κ1) is 33.1. The lowest BCUT2D eigenvalue weighted by atomic mass is 10.0. The number of carbonyl (C=O) groups excluding carboxylic acids is 2. The molecule has 0 bridgehead atoms. The van der Waals surface area contributed by atoms with Crippen LogP contribution in [0.1, 0.15) is 55.4 Å². The number of sulfonamides is 1. The molecular weight excluding hydrogens is 570 g/mol. The van der Waals surface area contributed by atoms with Crippen LogP contribution in [0.4, 0.5) is 5.69 Å². The molecule has 3 rings (SSSR count). The molecule has 2 amide bonds. The van der Waals surface area contributed by atoms with Crippen molar-refractivity contribution in [3.8, 4) is 0 Å². The third-order valence-corrected chi connectivity index (χ3v) is 8.71. The molecule has 0 aliphatic rings. The molecule has 0 saturated carbocycles. The third kappa shape index (κ3) is 9.60. The van der Waals surface area contributed by atoms with Crippen molar-refractivity contribution < 1.29 is 18.0 Å². The SMILES string of the molecule is CC[C@H](C)NC(=O)[C@H](Cc1ccccc1)N(Cc1cccc(Cl)c1)C(=O)CCCN(c1cc(C)ccc1C)S(C)(=O)=O. The number of hydrogen-bond donors (Lipinski definition) is 1. The minimum Gasteiger partial charge on any atom is -0.352 e. The molecule has 0 aliphatic carbocycles. The van der Waals surface area contributed by atoms with Gasteiger partial charge in [0.15, 0.2) is 0 Å². The zero-order valence-electron chi connectivity index (χ0n) is 25.1. The van der Waals surface area contributed by atoms with Crippen LogP contribution in [0.25, 0.3) is 0 Å². The maximum atomic E-state index is 14.0. The number of aryl methyl sites for hydroxylation is 2. The zero-order chi connectivity index (χ0) is 30.9. The van der Waals surface area contributed by atoms with Crippen molar-refractivity contribution in [3.05, 3.63) is 100 Å². The fraction of sp³-hybridized carbons (Fsp3) is 0.394. The van der Waals surface area contributed by atoms with Crippen molar-refractivity contribution in [2.45, 2.75) is 72.0 Å². The first-order valence-electron chi connectivity index (χ1n) is 14.3. The van der Waals surface area contributed by atoms with Gasteiger partial charge in [0.2, 0.25) is 21.8 Å². The molecule has 3 aromatic carbocycles. The summed E-state index contributed by atoms with van der Waals surface area (Å²) < 4.78 is 26.9. The summed E-state index contributed by atoms with van der Waals surface area (Å²) in [5.41, 5.74) is 4.13. The van der Waals surface area contributed by atoms with Gasteiger partial charge in [0.05, 0.1) is 11.9 Å². The quantitative estimate of drug-likeness (QED) is 0.240. The second-order valence-corrected chi connectivity index (χ2v) is 13.2. The van der Waals surface area contributed by atoms with Gasteiger partial charge in [-0.25, -0.2) is 8.42 Å². The van der Waals surface area contributed by atoms with E-state index in [1.54, 1.807) is 17.0 Å². The summed E-state index contributed by atoms with van der Waals surface area (Å²) in [6, 6.07) is 21.7. The topological polar surface area (TPSA) is 86.8 Å². The standard InChI is InChI=1S/C33H42ClN3O4S/c1-6-26(4)35-33(39)31(22-27-12-8-7-9-13-27)36(23-28-14-10-15-29(34)21-28)32(38)16-11-19-37(42(5,40)41)30-20-24(2)17-18-25(30)3/h7-10,12-15,17-18,20-21,26,31H,6,11,16,19,22-23H2,1-5H3,(H,35,39)/t26-,31-/m0/s1. The van der Waals surface area contributed by atoms with Crippen LogP contribution in [0.15, 0.2) is 72.8 Å². The van der Waals surface area contributed by atoms with E-state index in [2.05, 4.69) is 5.32 Å². The molecule has 0 saturated heterocycles. The van der Waals surface area contributed by atoms with Gasteiger partial charge in [-0.05, 0) is 74.1 Å². The molecule has 42 heavy (non-hydrogen) atoms. The number of nitrogens with zero attached hydrogens (tertiary/aromatic N) is 2. The Labute approximate surface area is 255 Å². The number of rotatable bonds is 14. The van der Waals surface area contributed by atoms with Gasteiger partial charge in [0, 0.05) is 37.0 Å². The van der Waals surface area contributed by atoms with E-state index in [-0.39, 0.29) is 43.8 Å². The monoisotopic (exact) mass is 611 g/mol. The highest BCUT2D eigenvalue weighted by Gasteiger charge is 2.31. The van der Waals surface area contributed by atoms with Gasteiger partial charge in [0.25, 0.3) is 0 Å². The van der Waals surface area contributed by atoms with E-state index in [9.17, 15) is 18.0 Å². The van der Waals surface area contributed by atoms with E-state index in [0.717, 1.165) is 28.7 Å². The number of hydrogen-bond acceptors (Lipinski definition) is 4. The Balaban J connectivity index is 1.91. The molecule has 0 aliphatic heterocycles. The molecule has 226 valence electrons. The second kappa shape index (κ2) is 15.2. The molecule has 0 radical (unpaired) electrons. The first-order chi connectivity index (χ1) is 19.9. The van der Waals surface area contributed by atoms with Crippen molar-refractivity contribution in [2.24, 2.45) is 0 Å². The van der Waals surface area contributed by atoms with E-state index in [1.807, 2.05) is 88.4 Å². The van der Waals surface area contributed by atoms with Gasteiger partial charge in [-0.15, -0.1) is 0 Å². The minimum absolute atomic E-state index is 0.0558. The highest BCUT2D eigenvalue weighted by atomic mass is 35.5. The second-order valence-electron chi connectivity index (χ2n) is 10.9. The van der Waals surface area contributed by atoms with Crippen LogP contribution in [0.5, 0.6) is 0 Å². The largest absolute Gasteiger partial charge is 0.352 e. The third-order valence-electron chi connectivity index (χ3n) is 7.30. The molecule has 2 atom stereocenters. The van der Waals surface area contributed by atoms with Gasteiger partial charge in [-0.3, -0.25) is 13.9 Å². The molecule has 1 N–H and O–H groups in total. The van der Waals surface area contributed by atoms with Crippen LogP contribution >= 0.6 is 11.6 Å². The normalized spacial score (nSPS) is 12.8. The Morgan fingerprint density at radius 1 is 0.952 bits per heavy atom. The van der Waals surface area contributed by atoms with Crippen LogP contribution in [0, 0.1) is 13.8 Å². The fourth-order valence-corrected chi connectivity index (χ4v) is 6.03. The Bertz CT molecular complexity index is 1460. The number of benzene rings is 3. The zero-order valence-corrected chi connectivity index (χ0v) is 26.7. The van der Waals surface area contributed by atoms with Gasteiger partial charge in [-0.2, -0.15) is 0 Å². The van der Waals surface area contributed by atoms with Gasteiger partial charge >= 0.3 is 0 Å². The van der Waals surface area contributed by atoms with Gasteiger partial charge < -0.3 is 10.2 Å². The molecule has 0 heterocycles. The lowest BCUT2D eigenvalue weighted by molar-refractivity contribution is -0.141. The summed E-state index contributed by atoms with van der Waals surface area (Å²) in [6.07, 6.45) is 2.63. The van der Waals surface area contributed by atoms with Gasteiger partial charge in [-0.1, -0.05) is 73.1 Å². The van der Waals surface area contributed by atoms with Crippen LogP contribution < -0.4 is 9.62 Å². The highest BCUT2D eigenvalue weighted by Crippen LogP contribution is 2.25. The number of carbonyl (C=O) groups is 2. The van der Waals surface area contributed by atoms with E-state index >= 15 is 0 Å². The average Bonchev–Trinajstić information content (AvgIpc) is 2.94. The van der Waals surface area contributed by atoms with Crippen LogP contribution in [0.2, 0.25) is 5.02 Å². The molecule has 0 aromatic heterocycles. The van der Waals surface area contributed by atoms with E-state index < -0.39 is 16.1 Å². The maximum Gasteiger partial charge on any atom is 0.243 e. The summed E-state index contributed by atoms with van der Waals surface area (Å²) in [5.74, 6) is -0.457. The predicted octanol–water partition coefficient (Wildman–Crippen LogP) is 6.06. The van der Waals surface area contributed by atoms with Gasteiger partial charge in [0.1, 0.15) is 6.04 Å². The number of halogens is 1. The highest BCUT2D eigenvalue weighted by molar-refractivity contribution is 7.92. The van der Waals surface area contributed by atoms with Crippen molar-refractivity contribution in [2.75, 3.05) is 17.1 Å². The Kier molecular flexibility index (Phi) is 12.0. The molecule has 3 aromatic rings. The summed E-state index contributed by atoms with van der Waals surface area (Å²) in [7, 11) is -3.59. The minimum atomic E-state index is -3.59. The summed E-state index contributed by atoms with van der Waals surface area (Å²) in [6.45, 7) is 8.05. The lowest BCUT2D eigenvalue weighted by Gasteiger charge is -2.33. The summed E-state index contributed by atoms with van der Waals surface area (Å²) in [4.78, 5) is 29.2. The van der Waals surface area contributed by atoms with Crippen LogP contribution in [-0.4, -0.2) is 50.0 Å². The number of amides is 2. The van der Waals surface area contributed by atoms with E-state index in [0.29, 0.717) is 17.1 Å². The Hall–Kier alpha value is -3.36. The summed E-state index contributed by atoms with van der Waals surface area (Å²) >= 11 is 6.27. The van der Waals surface area contributed by atoms with Crippen LogP contribution in [-0.2, 0) is 32.6 Å². The van der Waals surface area contributed by atoms with Crippen LogP contribution in [0.3, 0.4) is 0 Å². The molecule has 9 heteroatoms. The average molecular weight is 612 g/mol. The van der Waals surface area contributed by atoms with Crippen molar-refractivity contribution >= 4 is 39.1 Å². The van der Waals surface area contributed by atoms with Crippen molar-refractivity contribution in [3.63, 3.8) is 0 Å². The Morgan fingerprint density at radius 2 is 1.64 bits per heavy atom. The molecule has 0 spiro atoms. The van der Waals surface area contributed by atoms with E-state index in [4.69, 9.17) is 11.6 Å². The maximum absolute atomic E-state index is 14.0. The Morgan fingerprint density at radius 3 is 2.29 bits per heavy atom. The number of anilines is 1. The predicted molar refractivity (Wildman–Crippen MR) is 171 cm³/mol. The van der Waals surface area contributed by atoms with E-state index in [1.165, 1.54) is 10.6 Å². The molecule has 7 nitrogen and oxygen atoms in total. The molecular formula is C33H42ClN3O4S. The number of nitrogens with one attached hydrogen (secondary N) is 1. The summed E-state index contributed by atoms with van der Waals surface area (Å²) in [5, 5.41) is 3.61. The first-order valence-corrected chi connectivity index (χ1v) is 16.5. The van der Waals surface area contributed by atoms with Crippen molar-refractivity contribution in [1.82, 2.24) is 10.2 Å². The fourth-order valence-electron chi connectivity index (χ4n) is 4.80. The van der Waals surface area contributed by atoms with Crippen molar-refractivity contribution in [1.29, 1.82) is 0 Å².